The first-order valence-corrected chi connectivity index (χ1v) is 7.08. The molecule has 0 amide bonds. The van der Waals surface area contributed by atoms with Crippen LogP contribution in [0.25, 0.3) is 0 Å². The van der Waals surface area contributed by atoms with Crippen LogP contribution in [-0.4, -0.2) is 8.42 Å². The highest BCUT2D eigenvalue weighted by atomic mass is 32.2. The van der Waals surface area contributed by atoms with Crippen LogP contribution in [0.4, 0.5) is 22.0 Å². The van der Waals surface area contributed by atoms with Crippen LogP contribution in [0.15, 0.2) is 47.4 Å². The number of alkyl halides is 3. The maximum Gasteiger partial charge on any atom is 0.416 e. The van der Waals surface area contributed by atoms with Gasteiger partial charge in [0, 0.05) is 0 Å². The van der Waals surface area contributed by atoms with Crippen LogP contribution in [0.5, 0.6) is 5.75 Å². The summed E-state index contributed by atoms with van der Waals surface area (Å²) in [6.45, 7) is 0. The average molecular weight is 338 g/mol. The van der Waals surface area contributed by atoms with Crippen molar-refractivity contribution in [2.45, 2.75) is 11.1 Å². The van der Waals surface area contributed by atoms with E-state index in [-0.39, 0.29) is 6.07 Å². The van der Waals surface area contributed by atoms with E-state index in [1.165, 1.54) is 12.1 Å². The van der Waals surface area contributed by atoms with E-state index < -0.39 is 44.1 Å². The summed E-state index contributed by atoms with van der Waals surface area (Å²) >= 11 is 0. The Morgan fingerprint density at radius 1 is 0.909 bits per heavy atom. The van der Waals surface area contributed by atoms with Crippen molar-refractivity contribution in [2.24, 2.45) is 0 Å². The number of hydrogen-bond acceptors (Lipinski definition) is 3. The van der Waals surface area contributed by atoms with Crippen LogP contribution in [0.2, 0.25) is 0 Å². The summed E-state index contributed by atoms with van der Waals surface area (Å²) in [5.41, 5.74) is -1.37. The minimum absolute atomic E-state index is 0.0888. The third-order valence-electron chi connectivity index (χ3n) is 2.56. The predicted molar refractivity (Wildman–Crippen MR) is 65.6 cm³/mol. The molecule has 118 valence electrons. The summed E-state index contributed by atoms with van der Waals surface area (Å²) in [5, 5.41) is 0. The molecule has 9 heteroatoms. The number of hydrogen-bond donors (Lipinski definition) is 0. The van der Waals surface area contributed by atoms with E-state index in [1.54, 1.807) is 0 Å². The largest absolute Gasteiger partial charge is 0.416 e. The van der Waals surface area contributed by atoms with E-state index in [4.69, 9.17) is 0 Å². The second-order valence-electron chi connectivity index (χ2n) is 4.11. The molecule has 0 aromatic heterocycles. The Balaban J connectivity index is 2.48. The van der Waals surface area contributed by atoms with Crippen LogP contribution in [0, 0.1) is 11.6 Å². The number of benzene rings is 2. The Labute approximate surface area is 122 Å². The summed E-state index contributed by atoms with van der Waals surface area (Å²) in [4.78, 5) is -1.33. The minimum Gasteiger partial charge on any atom is -0.376 e. The van der Waals surface area contributed by atoms with Crippen molar-refractivity contribution in [1.29, 1.82) is 0 Å². The van der Waals surface area contributed by atoms with Gasteiger partial charge in [-0.15, -0.1) is 0 Å². The maximum atomic E-state index is 13.5. The zero-order valence-corrected chi connectivity index (χ0v) is 11.4. The molecule has 0 saturated carbocycles. The summed E-state index contributed by atoms with van der Waals surface area (Å²) in [6.07, 6.45) is -4.87. The molecule has 2 aromatic carbocycles. The lowest BCUT2D eigenvalue weighted by Gasteiger charge is -2.11. The third-order valence-corrected chi connectivity index (χ3v) is 3.81. The Morgan fingerprint density at radius 3 is 2.14 bits per heavy atom. The van der Waals surface area contributed by atoms with Gasteiger partial charge in [0.15, 0.2) is 11.6 Å². The molecule has 0 aliphatic heterocycles. The Hall–Kier alpha value is -2.16. The molecule has 0 unspecified atom stereocenters. The SMILES string of the molecule is O=S(=O)(Oc1ccccc1F)c1cc(C(F)(F)F)ccc1F. The lowest BCUT2D eigenvalue weighted by molar-refractivity contribution is -0.137. The number of rotatable bonds is 3. The molecule has 3 nitrogen and oxygen atoms in total. The van der Waals surface area contributed by atoms with Crippen molar-refractivity contribution in [2.75, 3.05) is 0 Å². The van der Waals surface area contributed by atoms with Crippen molar-refractivity contribution in [3.8, 4) is 5.75 Å². The molecule has 0 radical (unpaired) electrons. The number of halogens is 5. The van der Waals surface area contributed by atoms with E-state index in [2.05, 4.69) is 4.18 Å². The van der Waals surface area contributed by atoms with Gasteiger partial charge in [0.25, 0.3) is 0 Å². The fraction of sp³-hybridized carbons (Fsp3) is 0.0769. The van der Waals surface area contributed by atoms with Gasteiger partial charge in [-0.1, -0.05) is 12.1 Å². The maximum absolute atomic E-state index is 13.5. The molecule has 0 saturated heterocycles. The lowest BCUT2D eigenvalue weighted by atomic mass is 10.2. The molecule has 0 spiro atoms. The molecule has 0 aliphatic rings. The zero-order valence-electron chi connectivity index (χ0n) is 10.6. The van der Waals surface area contributed by atoms with Crippen molar-refractivity contribution >= 4 is 10.1 Å². The Kier molecular flexibility index (Phi) is 4.10. The minimum atomic E-state index is -4.96. The van der Waals surface area contributed by atoms with E-state index >= 15 is 0 Å². The molecule has 22 heavy (non-hydrogen) atoms. The zero-order chi connectivity index (χ0) is 16.5. The van der Waals surface area contributed by atoms with Crippen LogP contribution >= 0.6 is 0 Å². The first-order valence-electron chi connectivity index (χ1n) is 5.67. The highest BCUT2D eigenvalue weighted by Gasteiger charge is 2.33. The van der Waals surface area contributed by atoms with Crippen LogP contribution in [-0.2, 0) is 16.3 Å². The van der Waals surface area contributed by atoms with E-state index in [1.807, 2.05) is 0 Å². The van der Waals surface area contributed by atoms with Gasteiger partial charge < -0.3 is 4.18 Å². The Morgan fingerprint density at radius 2 is 1.55 bits per heavy atom. The highest BCUT2D eigenvalue weighted by Crippen LogP contribution is 2.32. The quantitative estimate of drug-likeness (QED) is 0.632. The number of para-hydroxylation sites is 1. The lowest BCUT2D eigenvalue weighted by Crippen LogP contribution is -2.14. The predicted octanol–water partition coefficient (Wildman–Crippen LogP) is 3.75. The van der Waals surface area contributed by atoms with Gasteiger partial charge in [0.1, 0.15) is 10.7 Å². The van der Waals surface area contributed by atoms with Gasteiger partial charge in [-0.2, -0.15) is 21.6 Å². The molecule has 0 atom stereocenters. The topological polar surface area (TPSA) is 43.4 Å². The normalized spacial score (nSPS) is 12.2. The van der Waals surface area contributed by atoms with Crippen LogP contribution in [0.1, 0.15) is 5.56 Å². The molecule has 0 heterocycles. The fourth-order valence-electron chi connectivity index (χ4n) is 1.55. The molecule has 0 fully saturated rings. The van der Waals surface area contributed by atoms with Gasteiger partial charge >= 0.3 is 16.3 Å². The second-order valence-corrected chi connectivity index (χ2v) is 5.63. The smallest absolute Gasteiger partial charge is 0.376 e. The molecular formula is C13H7F5O3S. The second kappa shape index (κ2) is 5.56. The van der Waals surface area contributed by atoms with Gasteiger partial charge in [0.2, 0.25) is 0 Å². The Bertz CT molecular complexity index is 800. The molecular weight excluding hydrogens is 331 g/mol. The van der Waals surface area contributed by atoms with E-state index in [0.29, 0.717) is 12.1 Å². The summed E-state index contributed by atoms with van der Waals surface area (Å²) in [7, 11) is -4.96. The van der Waals surface area contributed by atoms with Crippen LogP contribution in [0.3, 0.4) is 0 Å². The molecule has 0 aliphatic carbocycles. The molecule has 2 aromatic rings. The summed E-state index contributed by atoms with van der Waals surface area (Å²) in [6, 6.07) is 5.14. The first kappa shape index (κ1) is 16.2. The summed E-state index contributed by atoms with van der Waals surface area (Å²) < 4.78 is 92.6. The van der Waals surface area contributed by atoms with Gasteiger partial charge in [-0.05, 0) is 30.3 Å². The fourth-order valence-corrected chi connectivity index (χ4v) is 2.59. The van der Waals surface area contributed by atoms with Crippen molar-refractivity contribution in [3.63, 3.8) is 0 Å². The van der Waals surface area contributed by atoms with Gasteiger partial charge in [0.05, 0.1) is 5.56 Å². The van der Waals surface area contributed by atoms with Gasteiger partial charge in [-0.25, -0.2) is 8.78 Å². The average Bonchev–Trinajstić information content (AvgIpc) is 2.40. The summed E-state index contributed by atoms with van der Waals surface area (Å²) in [5.74, 6) is -3.25. The molecule has 2 rings (SSSR count). The van der Waals surface area contributed by atoms with Crippen LogP contribution < -0.4 is 4.18 Å². The van der Waals surface area contributed by atoms with Crippen molar-refractivity contribution in [1.82, 2.24) is 0 Å². The van der Waals surface area contributed by atoms with Gasteiger partial charge in [-0.3, -0.25) is 0 Å². The standard InChI is InChI=1S/C13H7F5O3S/c14-9-3-1-2-4-11(9)21-22(19,20)12-7-8(13(16,17)18)5-6-10(12)15/h1-7H. The first-order chi connectivity index (χ1) is 10.1. The molecule has 0 bridgehead atoms. The monoisotopic (exact) mass is 338 g/mol. The van der Waals surface area contributed by atoms with E-state index in [9.17, 15) is 30.4 Å². The highest BCUT2D eigenvalue weighted by molar-refractivity contribution is 7.87. The van der Waals surface area contributed by atoms with Crippen molar-refractivity contribution < 1.29 is 34.6 Å². The van der Waals surface area contributed by atoms with Crippen molar-refractivity contribution in [3.05, 3.63) is 59.7 Å². The molecule has 0 N–H and O–H groups in total. The van der Waals surface area contributed by atoms with E-state index in [0.717, 1.165) is 12.1 Å². The third kappa shape index (κ3) is 3.35.